The minimum Gasteiger partial charge on any atom is -0.497 e. The third kappa shape index (κ3) is 2.62. The fraction of sp³-hybridized carbons (Fsp3) is 0.333. The van der Waals surface area contributed by atoms with E-state index in [2.05, 4.69) is 10.4 Å². The Morgan fingerprint density at radius 1 is 1.43 bits per heavy atom. The van der Waals surface area contributed by atoms with Crippen molar-refractivity contribution in [2.75, 3.05) is 13.7 Å². The molecule has 0 fully saturated rings. The van der Waals surface area contributed by atoms with Gasteiger partial charge >= 0.3 is 0 Å². The van der Waals surface area contributed by atoms with Crippen molar-refractivity contribution < 1.29 is 9.53 Å². The van der Waals surface area contributed by atoms with Crippen LogP contribution in [0.4, 0.5) is 0 Å². The molecule has 1 aromatic carbocycles. The summed E-state index contributed by atoms with van der Waals surface area (Å²) in [5, 5.41) is 7.65. The maximum atomic E-state index is 11.5. The predicted octanol–water partition coefficient (Wildman–Crippen LogP) is 0.685. The largest absolute Gasteiger partial charge is 0.497 e. The van der Waals surface area contributed by atoms with Gasteiger partial charge in [-0.05, 0) is 17.7 Å². The predicted molar refractivity (Wildman–Crippen MR) is 78.3 cm³/mol. The number of nitrogens with zero attached hydrogens (tertiary/aromatic N) is 2. The summed E-state index contributed by atoms with van der Waals surface area (Å²) >= 11 is 0. The van der Waals surface area contributed by atoms with Crippen molar-refractivity contribution in [2.24, 2.45) is 5.73 Å². The zero-order valence-electron chi connectivity index (χ0n) is 11.9. The summed E-state index contributed by atoms with van der Waals surface area (Å²) in [6.45, 7) is 2.16. The van der Waals surface area contributed by atoms with E-state index < -0.39 is 5.91 Å². The first-order valence-electron chi connectivity index (χ1n) is 6.91. The number of primary amides is 1. The molecule has 6 heteroatoms. The first-order valence-corrected chi connectivity index (χ1v) is 6.91. The molecule has 0 spiro atoms. The van der Waals surface area contributed by atoms with Gasteiger partial charge in [-0.1, -0.05) is 12.1 Å². The zero-order chi connectivity index (χ0) is 14.8. The molecule has 1 aliphatic heterocycles. The SMILES string of the molecule is COc1ccc(Cn2nc(C(N)=O)c3c2CCNC3)cc1. The molecule has 0 aliphatic carbocycles. The van der Waals surface area contributed by atoms with Crippen molar-refractivity contribution in [3.8, 4) is 5.75 Å². The summed E-state index contributed by atoms with van der Waals surface area (Å²) in [7, 11) is 1.64. The van der Waals surface area contributed by atoms with Crippen molar-refractivity contribution in [1.82, 2.24) is 15.1 Å². The number of carbonyl (C=O) groups is 1. The average molecular weight is 286 g/mol. The summed E-state index contributed by atoms with van der Waals surface area (Å²) in [5.41, 5.74) is 8.94. The van der Waals surface area contributed by atoms with Crippen LogP contribution in [0.25, 0.3) is 0 Å². The van der Waals surface area contributed by atoms with E-state index in [0.717, 1.165) is 35.5 Å². The smallest absolute Gasteiger partial charge is 0.269 e. The molecule has 21 heavy (non-hydrogen) atoms. The Bertz CT molecular complexity index is 661. The van der Waals surface area contributed by atoms with E-state index in [1.54, 1.807) is 7.11 Å². The molecule has 3 rings (SSSR count). The lowest BCUT2D eigenvalue weighted by Gasteiger charge is -2.15. The normalized spacial score (nSPS) is 13.8. The second kappa shape index (κ2) is 5.57. The fourth-order valence-corrected chi connectivity index (χ4v) is 2.65. The van der Waals surface area contributed by atoms with Crippen molar-refractivity contribution in [2.45, 2.75) is 19.5 Å². The molecule has 6 nitrogen and oxygen atoms in total. The van der Waals surface area contributed by atoms with Crippen LogP contribution in [0.5, 0.6) is 5.75 Å². The van der Waals surface area contributed by atoms with Crippen LogP contribution in [0.2, 0.25) is 0 Å². The van der Waals surface area contributed by atoms with Crippen LogP contribution >= 0.6 is 0 Å². The Morgan fingerprint density at radius 3 is 2.86 bits per heavy atom. The van der Waals surface area contributed by atoms with Gasteiger partial charge in [0.05, 0.1) is 13.7 Å². The minimum atomic E-state index is -0.469. The molecule has 0 saturated heterocycles. The number of methoxy groups -OCH3 is 1. The Kier molecular flexibility index (Phi) is 3.62. The van der Waals surface area contributed by atoms with Crippen LogP contribution in [-0.4, -0.2) is 29.3 Å². The molecule has 0 bridgehead atoms. The molecule has 2 aromatic rings. The van der Waals surface area contributed by atoms with Gasteiger partial charge in [-0.15, -0.1) is 0 Å². The highest BCUT2D eigenvalue weighted by molar-refractivity contribution is 5.92. The Morgan fingerprint density at radius 2 is 2.19 bits per heavy atom. The highest BCUT2D eigenvalue weighted by atomic mass is 16.5. The molecule has 2 heterocycles. The maximum absolute atomic E-state index is 11.5. The van der Waals surface area contributed by atoms with Crippen LogP contribution in [0.1, 0.15) is 27.3 Å². The van der Waals surface area contributed by atoms with Gasteiger partial charge in [-0.2, -0.15) is 5.10 Å². The number of amides is 1. The molecular formula is C15H18N4O2. The van der Waals surface area contributed by atoms with Crippen LogP contribution in [0, 0.1) is 0 Å². The third-order valence-electron chi connectivity index (χ3n) is 3.73. The molecule has 110 valence electrons. The van der Waals surface area contributed by atoms with E-state index in [-0.39, 0.29) is 0 Å². The Labute approximate surface area is 122 Å². The Balaban J connectivity index is 1.92. The van der Waals surface area contributed by atoms with Crippen molar-refractivity contribution in [3.05, 3.63) is 46.8 Å². The van der Waals surface area contributed by atoms with E-state index >= 15 is 0 Å². The van der Waals surface area contributed by atoms with Gasteiger partial charge in [0.2, 0.25) is 0 Å². The minimum absolute atomic E-state index is 0.380. The lowest BCUT2D eigenvalue weighted by Crippen LogP contribution is -2.26. The number of nitrogens with two attached hydrogens (primary N) is 1. The number of aromatic nitrogens is 2. The monoisotopic (exact) mass is 286 g/mol. The van der Waals surface area contributed by atoms with Gasteiger partial charge in [0.25, 0.3) is 5.91 Å². The molecule has 1 amide bonds. The summed E-state index contributed by atoms with van der Waals surface area (Å²) in [5.74, 6) is 0.353. The molecular weight excluding hydrogens is 268 g/mol. The molecule has 1 aliphatic rings. The second-order valence-corrected chi connectivity index (χ2v) is 5.07. The van der Waals surface area contributed by atoms with Gasteiger partial charge < -0.3 is 15.8 Å². The van der Waals surface area contributed by atoms with E-state index in [1.807, 2.05) is 28.9 Å². The maximum Gasteiger partial charge on any atom is 0.269 e. The fourth-order valence-electron chi connectivity index (χ4n) is 2.65. The summed E-state index contributed by atoms with van der Waals surface area (Å²) < 4.78 is 7.04. The Hall–Kier alpha value is -2.34. The average Bonchev–Trinajstić information content (AvgIpc) is 2.87. The summed E-state index contributed by atoms with van der Waals surface area (Å²) in [6.07, 6.45) is 0.853. The second-order valence-electron chi connectivity index (χ2n) is 5.07. The standard InChI is InChI=1S/C15H18N4O2/c1-21-11-4-2-10(3-5-11)9-19-13-6-7-17-8-12(13)14(18-19)15(16)20/h2-5,17H,6-9H2,1H3,(H2,16,20). The molecule has 0 atom stereocenters. The molecule has 0 saturated carbocycles. The van der Waals surface area contributed by atoms with Gasteiger partial charge in [0, 0.05) is 30.8 Å². The summed E-state index contributed by atoms with van der Waals surface area (Å²) in [4.78, 5) is 11.5. The number of carbonyl (C=O) groups excluding carboxylic acids is 1. The van der Waals surface area contributed by atoms with Gasteiger partial charge in [0.1, 0.15) is 5.75 Å². The number of hydrogen-bond donors (Lipinski definition) is 2. The molecule has 3 N–H and O–H groups in total. The van der Waals surface area contributed by atoms with Gasteiger partial charge in [0.15, 0.2) is 5.69 Å². The summed E-state index contributed by atoms with van der Waals surface area (Å²) in [6, 6.07) is 7.83. The number of nitrogens with one attached hydrogen (secondary N) is 1. The van der Waals surface area contributed by atoms with Crippen molar-refractivity contribution in [1.29, 1.82) is 0 Å². The molecule has 0 unspecified atom stereocenters. The lowest BCUT2D eigenvalue weighted by atomic mass is 10.1. The highest BCUT2D eigenvalue weighted by Crippen LogP contribution is 2.20. The van der Waals surface area contributed by atoms with Crippen molar-refractivity contribution >= 4 is 5.91 Å². The van der Waals surface area contributed by atoms with Crippen LogP contribution in [-0.2, 0) is 19.5 Å². The van der Waals surface area contributed by atoms with Crippen LogP contribution < -0.4 is 15.8 Å². The van der Waals surface area contributed by atoms with Gasteiger partial charge in [-0.3, -0.25) is 9.48 Å². The van der Waals surface area contributed by atoms with Crippen LogP contribution in [0.15, 0.2) is 24.3 Å². The zero-order valence-corrected chi connectivity index (χ0v) is 11.9. The van der Waals surface area contributed by atoms with E-state index in [1.165, 1.54) is 0 Å². The van der Waals surface area contributed by atoms with Crippen molar-refractivity contribution in [3.63, 3.8) is 0 Å². The van der Waals surface area contributed by atoms with E-state index in [9.17, 15) is 4.79 Å². The highest BCUT2D eigenvalue weighted by Gasteiger charge is 2.23. The number of rotatable bonds is 4. The first-order chi connectivity index (χ1) is 10.2. The topological polar surface area (TPSA) is 82.2 Å². The number of hydrogen-bond acceptors (Lipinski definition) is 4. The van der Waals surface area contributed by atoms with E-state index in [0.29, 0.717) is 18.8 Å². The number of ether oxygens (including phenoxy) is 1. The van der Waals surface area contributed by atoms with E-state index in [4.69, 9.17) is 10.5 Å². The molecule has 0 radical (unpaired) electrons. The van der Waals surface area contributed by atoms with Crippen LogP contribution in [0.3, 0.4) is 0 Å². The number of fused-ring (bicyclic) bond motifs is 1. The quantitative estimate of drug-likeness (QED) is 0.866. The third-order valence-corrected chi connectivity index (χ3v) is 3.73. The molecule has 1 aromatic heterocycles. The van der Waals surface area contributed by atoms with Gasteiger partial charge in [-0.25, -0.2) is 0 Å². The lowest BCUT2D eigenvalue weighted by molar-refractivity contribution is 0.0993. The number of benzene rings is 1. The first kappa shape index (κ1) is 13.6.